The number of nitrogens with zero attached hydrogens (tertiary/aromatic N) is 3. The van der Waals surface area contributed by atoms with Crippen LogP contribution in [0.1, 0.15) is 31.1 Å². The molecule has 96 valence electrons. The Morgan fingerprint density at radius 3 is 2.56 bits per heavy atom. The van der Waals surface area contributed by atoms with Crippen LogP contribution in [0.2, 0.25) is 0 Å². The van der Waals surface area contributed by atoms with E-state index < -0.39 is 0 Å². The van der Waals surface area contributed by atoms with Crippen molar-refractivity contribution in [3.63, 3.8) is 0 Å². The van der Waals surface area contributed by atoms with E-state index in [9.17, 15) is 0 Å². The Hall–Kier alpha value is -0.680. The van der Waals surface area contributed by atoms with E-state index in [1.165, 1.54) is 5.56 Å². The molecule has 18 heavy (non-hydrogen) atoms. The van der Waals surface area contributed by atoms with E-state index in [4.69, 9.17) is 0 Å². The highest BCUT2D eigenvalue weighted by atomic mass is 79.9. The van der Waals surface area contributed by atoms with Crippen LogP contribution in [0.15, 0.2) is 22.7 Å². The molecule has 1 aromatic heterocycles. The maximum absolute atomic E-state index is 4.54. The summed E-state index contributed by atoms with van der Waals surface area (Å²) in [6, 6.07) is 6.26. The second kappa shape index (κ2) is 5.97. The molecule has 0 aliphatic carbocycles. The molecule has 1 heterocycles. The number of rotatable bonds is 4. The molecule has 0 saturated carbocycles. The third-order valence-electron chi connectivity index (χ3n) is 2.78. The Labute approximate surface area is 124 Å². The maximum atomic E-state index is 4.54. The van der Waals surface area contributed by atoms with Crippen LogP contribution in [0.4, 0.5) is 0 Å². The van der Waals surface area contributed by atoms with Crippen LogP contribution in [-0.2, 0) is 18.2 Å². The molecule has 0 amide bonds. The largest absolute Gasteiger partial charge is 0.218 e. The Kier molecular flexibility index (Phi) is 4.56. The second-order valence-electron chi connectivity index (χ2n) is 3.97. The molecule has 0 aliphatic heterocycles. The predicted molar refractivity (Wildman–Crippen MR) is 80.4 cm³/mol. The molecule has 0 spiro atoms. The van der Waals surface area contributed by atoms with Gasteiger partial charge in [-0.15, -0.1) is 0 Å². The van der Waals surface area contributed by atoms with Crippen LogP contribution in [0.5, 0.6) is 0 Å². The summed E-state index contributed by atoms with van der Waals surface area (Å²) in [5.74, 6) is 1.90. The van der Waals surface area contributed by atoms with E-state index >= 15 is 0 Å². The minimum atomic E-state index is 0.839. The standard InChI is InChI=1S/C13H15Br2N3/c1-3-12-16-13(4-2)18(17-12)10-6-5-9(8-14)11(15)7-10/h5-7H,3-4,8H2,1-2H3. The molecule has 0 radical (unpaired) electrons. The third-order valence-corrected chi connectivity index (χ3v) is 4.12. The number of benzene rings is 1. The summed E-state index contributed by atoms with van der Waals surface area (Å²) in [4.78, 5) is 4.52. The van der Waals surface area contributed by atoms with E-state index in [1.807, 2.05) is 4.68 Å². The predicted octanol–water partition coefficient (Wildman–Crippen LogP) is 4.05. The van der Waals surface area contributed by atoms with Crippen molar-refractivity contribution in [1.29, 1.82) is 0 Å². The van der Waals surface area contributed by atoms with Crippen molar-refractivity contribution in [3.05, 3.63) is 39.9 Å². The fraction of sp³-hybridized carbons (Fsp3) is 0.385. The minimum absolute atomic E-state index is 0.839. The van der Waals surface area contributed by atoms with E-state index in [0.29, 0.717) is 0 Å². The first kappa shape index (κ1) is 13.7. The normalized spacial score (nSPS) is 10.9. The van der Waals surface area contributed by atoms with Gasteiger partial charge in [-0.05, 0) is 17.7 Å². The zero-order chi connectivity index (χ0) is 13.1. The fourth-order valence-corrected chi connectivity index (χ4v) is 3.13. The third kappa shape index (κ3) is 2.67. The fourth-order valence-electron chi connectivity index (χ4n) is 1.75. The summed E-state index contributed by atoms with van der Waals surface area (Å²) in [6.45, 7) is 4.17. The van der Waals surface area contributed by atoms with Gasteiger partial charge in [-0.3, -0.25) is 0 Å². The lowest BCUT2D eigenvalue weighted by Crippen LogP contribution is -2.02. The molecule has 0 atom stereocenters. The van der Waals surface area contributed by atoms with Crippen molar-refractivity contribution in [2.24, 2.45) is 0 Å². The summed E-state index contributed by atoms with van der Waals surface area (Å²) in [5.41, 5.74) is 2.28. The lowest BCUT2D eigenvalue weighted by molar-refractivity contribution is 0.790. The Morgan fingerprint density at radius 2 is 2.00 bits per heavy atom. The molecule has 0 unspecified atom stereocenters. The topological polar surface area (TPSA) is 30.7 Å². The number of alkyl halides is 1. The molecule has 2 rings (SSSR count). The number of aromatic nitrogens is 3. The van der Waals surface area contributed by atoms with Gasteiger partial charge in [0.2, 0.25) is 0 Å². The van der Waals surface area contributed by atoms with Crippen molar-refractivity contribution in [2.45, 2.75) is 32.0 Å². The Bertz CT molecular complexity index is 549. The molecule has 0 bridgehead atoms. The van der Waals surface area contributed by atoms with E-state index in [2.05, 4.69) is 74.0 Å². The average molecular weight is 373 g/mol. The van der Waals surface area contributed by atoms with E-state index in [1.54, 1.807) is 0 Å². The van der Waals surface area contributed by atoms with Crippen LogP contribution in [0.25, 0.3) is 5.69 Å². The molecule has 0 fully saturated rings. The quantitative estimate of drug-likeness (QED) is 0.758. The molecule has 1 aromatic carbocycles. The number of hydrogen-bond acceptors (Lipinski definition) is 2. The summed E-state index contributed by atoms with van der Waals surface area (Å²) >= 11 is 7.05. The lowest BCUT2D eigenvalue weighted by Gasteiger charge is -2.07. The van der Waals surface area contributed by atoms with Gasteiger partial charge in [0.25, 0.3) is 0 Å². The number of halogens is 2. The van der Waals surface area contributed by atoms with Gasteiger partial charge in [0.05, 0.1) is 5.69 Å². The van der Waals surface area contributed by atoms with Gasteiger partial charge in [-0.25, -0.2) is 9.67 Å². The van der Waals surface area contributed by atoms with Crippen molar-refractivity contribution in [2.75, 3.05) is 0 Å². The van der Waals surface area contributed by atoms with Crippen LogP contribution in [0, 0.1) is 0 Å². The molecule has 2 aromatic rings. The monoisotopic (exact) mass is 371 g/mol. The summed E-state index contributed by atoms with van der Waals surface area (Å²) in [7, 11) is 0. The van der Waals surface area contributed by atoms with Gasteiger partial charge >= 0.3 is 0 Å². The van der Waals surface area contributed by atoms with Gasteiger partial charge in [-0.2, -0.15) is 5.10 Å². The molecular weight excluding hydrogens is 358 g/mol. The average Bonchev–Trinajstić information content (AvgIpc) is 2.82. The molecule has 0 aliphatic rings. The van der Waals surface area contributed by atoms with Crippen LogP contribution in [0.3, 0.4) is 0 Å². The van der Waals surface area contributed by atoms with Crippen LogP contribution in [-0.4, -0.2) is 14.8 Å². The summed E-state index contributed by atoms with van der Waals surface area (Å²) < 4.78 is 3.02. The summed E-state index contributed by atoms with van der Waals surface area (Å²) in [6.07, 6.45) is 1.74. The molecule has 3 nitrogen and oxygen atoms in total. The maximum Gasteiger partial charge on any atom is 0.151 e. The first-order chi connectivity index (χ1) is 8.69. The first-order valence-corrected chi connectivity index (χ1v) is 7.90. The van der Waals surface area contributed by atoms with Gasteiger partial charge in [0, 0.05) is 22.6 Å². The van der Waals surface area contributed by atoms with Gasteiger partial charge in [-0.1, -0.05) is 51.8 Å². The second-order valence-corrected chi connectivity index (χ2v) is 5.39. The van der Waals surface area contributed by atoms with Crippen molar-refractivity contribution >= 4 is 31.9 Å². The van der Waals surface area contributed by atoms with Crippen molar-refractivity contribution in [1.82, 2.24) is 14.8 Å². The van der Waals surface area contributed by atoms with Crippen molar-refractivity contribution in [3.8, 4) is 5.69 Å². The zero-order valence-electron chi connectivity index (χ0n) is 10.5. The highest BCUT2D eigenvalue weighted by molar-refractivity contribution is 9.10. The number of aryl methyl sites for hydroxylation is 2. The van der Waals surface area contributed by atoms with Gasteiger partial charge < -0.3 is 0 Å². The molecule has 0 saturated heterocycles. The van der Waals surface area contributed by atoms with Crippen LogP contribution < -0.4 is 0 Å². The molecule has 0 N–H and O–H groups in total. The molecule has 5 heteroatoms. The lowest BCUT2D eigenvalue weighted by atomic mass is 10.2. The highest BCUT2D eigenvalue weighted by Gasteiger charge is 2.10. The van der Waals surface area contributed by atoms with Crippen LogP contribution >= 0.6 is 31.9 Å². The Morgan fingerprint density at radius 1 is 1.22 bits per heavy atom. The Balaban J connectivity index is 2.47. The highest BCUT2D eigenvalue weighted by Crippen LogP contribution is 2.23. The number of hydrogen-bond donors (Lipinski definition) is 0. The molecular formula is C13H15Br2N3. The summed E-state index contributed by atoms with van der Waals surface area (Å²) in [5, 5.41) is 5.38. The SMILES string of the molecule is CCc1nc(CC)n(-c2ccc(CBr)c(Br)c2)n1. The first-order valence-electron chi connectivity index (χ1n) is 5.99. The van der Waals surface area contributed by atoms with Crippen molar-refractivity contribution < 1.29 is 0 Å². The minimum Gasteiger partial charge on any atom is -0.218 e. The van der Waals surface area contributed by atoms with Gasteiger partial charge in [0.1, 0.15) is 5.82 Å². The smallest absolute Gasteiger partial charge is 0.151 e. The van der Waals surface area contributed by atoms with E-state index in [-0.39, 0.29) is 0 Å². The van der Waals surface area contributed by atoms with Gasteiger partial charge in [0.15, 0.2) is 5.82 Å². The van der Waals surface area contributed by atoms with E-state index in [0.717, 1.165) is 40.0 Å². The zero-order valence-corrected chi connectivity index (χ0v) is 13.6.